The van der Waals surface area contributed by atoms with Gasteiger partial charge in [0.2, 0.25) is 5.91 Å². The summed E-state index contributed by atoms with van der Waals surface area (Å²) in [4.78, 5) is 18.1. The Balaban J connectivity index is 1.32. The van der Waals surface area contributed by atoms with E-state index in [1.165, 1.54) is 12.8 Å². The van der Waals surface area contributed by atoms with Crippen LogP contribution in [0.3, 0.4) is 0 Å². The number of hydrogen-bond acceptors (Lipinski definition) is 4. The van der Waals surface area contributed by atoms with Crippen molar-refractivity contribution in [2.45, 2.75) is 31.2 Å². The molecule has 0 spiro atoms. The minimum atomic E-state index is 0.154. The van der Waals surface area contributed by atoms with Crippen LogP contribution in [0.25, 0.3) is 0 Å². The molecule has 4 rings (SSSR count). The minimum absolute atomic E-state index is 0.154. The smallest absolute Gasteiger partial charge is 0.227 e. The lowest BCUT2D eigenvalue weighted by atomic mass is 10.1. The van der Waals surface area contributed by atoms with Crippen LogP contribution in [0.5, 0.6) is 0 Å². The van der Waals surface area contributed by atoms with Gasteiger partial charge in [0.1, 0.15) is 0 Å². The largest absolute Gasteiger partial charge is 0.338 e. The second-order valence-electron chi connectivity index (χ2n) is 5.89. The molecule has 2 aromatic heterocycles. The van der Waals surface area contributed by atoms with Crippen molar-refractivity contribution < 1.29 is 4.79 Å². The number of aromatic nitrogens is 4. The molecule has 0 aromatic carbocycles. The molecule has 1 aliphatic carbocycles. The van der Waals surface area contributed by atoms with Crippen LogP contribution in [0.15, 0.2) is 30.7 Å². The molecular formula is C15H17N5O. The van der Waals surface area contributed by atoms with Crippen molar-refractivity contribution in [2.24, 2.45) is 0 Å². The van der Waals surface area contributed by atoms with Crippen molar-refractivity contribution in [1.82, 2.24) is 24.9 Å². The quantitative estimate of drug-likeness (QED) is 0.845. The Morgan fingerprint density at radius 2 is 2.19 bits per heavy atom. The third-order valence-corrected chi connectivity index (χ3v) is 4.19. The zero-order chi connectivity index (χ0) is 14.2. The molecule has 1 saturated heterocycles. The van der Waals surface area contributed by atoms with Gasteiger partial charge in [-0.25, -0.2) is 4.68 Å². The lowest BCUT2D eigenvalue weighted by Gasteiger charge is -2.38. The Labute approximate surface area is 122 Å². The lowest BCUT2D eigenvalue weighted by Crippen LogP contribution is -2.51. The summed E-state index contributed by atoms with van der Waals surface area (Å²) in [6.45, 7) is 1.46. The van der Waals surface area contributed by atoms with Gasteiger partial charge in [-0.1, -0.05) is 11.3 Å². The molecule has 2 aliphatic rings. The van der Waals surface area contributed by atoms with Crippen molar-refractivity contribution in [2.75, 3.05) is 13.1 Å². The molecule has 3 heterocycles. The van der Waals surface area contributed by atoms with Crippen molar-refractivity contribution >= 4 is 5.91 Å². The number of carbonyl (C=O) groups is 1. The Morgan fingerprint density at radius 1 is 1.33 bits per heavy atom. The van der Waals surface area contributed by atoms with E-state index in [1.807, 2.05) is 27.9 Å². The highest BCUT2D eigenvalue weighted by Crippen LogP contribution is 2.39. The summed E-state index contributed by atoms with van der Waals surface area (Å²) in [5.74, 6) is 0.781. The highest BCUT2D eigenvalue weighted by molar-refractivity contribution is 5.79. The van der Waals surface area contributed by atoms with Crippen LogP contribution in [0.1, 0.15) is 36.1 Å². The fourth-order valence-corrected chi connectivity index (χ4v) is 2.65. The van der Waals surface area contributed by atoms with E-state index in [4.69, 9.17) is 0 Å². The molecule has 6 nitrogen and oxygen atoms in total. The normalized spacial score (nSPS) is 18.6. The third kappa shape index (κ3) is 2.53. The number of nitrogens with zero attached hydrogens (tertiary/aromatic N) is 5. The Morgan fingerprint density at radius 3 is 2.90 bits per heavy atom. The molecule has 108 valence electrons. The van der Waals surface area contributed by atoms with Crippen molar-refractivity contribution in [3.8, 4) is 0 Å². The summed E-state index contributed by atoms with van der Waals surface area (Å²) < 4.78 is 1.92. The predicted molar refractivity (Wildman–Crippen MR) is 75.6 cm³/mol. The fraction of sp³-hybridized carbons (Fsp3) is 0.467. The van der Waals surface area contributed by atoms with Gasteiger partial charge in [0.05, 0.1) is 18.2 Å². The molecule has 21 heavy (non-hydrogen) atoms. The topological polar surface area (TPSA) is 63.9 Å². The van der Waals surface area contributed by atoms with E-state index >= 15 is 0 Å². The molecule has 0 N–H and O–H groups in total. The van der Waals surface area contributed by atoms with Crippen LogP contribution in [0.4, 0.5) is 0 Å². The summed E-state index contributed by atoms with van der Waals surface area (Å²) in [7, 11) is 0. The average molecular weight is 283 g/mol. The van der Waals surface area contributed by atoms with Crippen LogP contribution in [-0.2, 0) is 11.2 Å². The van der Waals surface area contributed by atoms with Crippen LogP contribution in [0.2, 0.25) is 0 Å². The van der Waals surface area contributed by atoms with Crippen LogP contribution in [0, 0.1) is 0 Å². The summed E-state index contributed by atoms with van der Waals surface area (Å²) in [6.07, 6.45) is 8.40. The van der Waals surface area contributed by atoms with E-state index in [0.717, 1.165) is 24.3 Å². The second kappa shape index (κ2) is 4.95. The van der Waals surface area contributed by atoms with Crippen molar-refractivity contribution in [3.05, 3.63) is 42.0 Å². The molecule has 1 amide bonds. The maximum atomic E-state index is 12.1. The molecule has 0 atom stereocenters. The summed E-state index contributed by atoms with van der Waals surface area (Å²) >= 11 is 0. The number of hydrogen-bond donors (Lipinski definition) is 0. The van der Waals surface area contributed by atoms with Crippen LogP contribution >= 0.6 is 0 Å². The molecule has 1 aliphatic heterocycles. The first-order chi connectivity index (χ1) is 10.3. The summed E-state index contributed by atoms with van der Waals surface area (Å²) in [5, 5.41) is 8.42. The van der Waals surface area contributed by atoms with Crippen molar-refractivity contribution in [1.29, 1.82) is 0 Å². The van der Waals surface area contributed by atoms with Gasteiger partial charge in [-0.15, -0.1) is 5.10 Å². The van der Waals surface area contributed by atoms with Gasteiger partial charge >= 0.3 is 0 Å². The number of rotatable bonds is 4. The fourth-order valence-electron chi connectivity index (χ4n) is 2.65. The van der Waals surface area contributed by atoms with Gasteiger partial charge in [0, 0.05) is 37.6 Å². The van der Waals surface area contributed by atoms with Gasteiger partial charge in [-0.05, 0) is 24.5 Å². The Hall–Kier alpha value is -2.24. The van der Waals surface area contributed by atoms with E-state index in [0.29, 0.717) is 12.3 Å². The maximum absolute atomic E-state index is 12.1. The molecule has 0 bridgehead atoms. The number of amides is 1. The van der Waals surface area contributed by atoms with E-state index < -0.39 is 0 Å². The highest BCUT2D eigenvalue weighted by atomic mass is 16.2. The number of carbonyl (C=O) groups excluding carboxylic acids is 1. The van der Waals surface area contributed by atoms with Gasteiger partial charge < -0.3 is 4.90 Å². The molecule has 2 fully saturated rings. The standard InChI is InChI=1S/C15H17N5O/c21-15(6-11-2-1-5-16-7-11)19-8-13(9-19)20-10-14(17-18-20)12-3-4-12/h1-2,5,7,10,12-13H,3-4,6,8-9H2. The van der Waals surface area contributed by atoms with Gasteiger partial charge in [0.15, 0.2) is 0 Å². The number of likely N-dealkylation sites (tertiary alicyclic amines) is 1. The van der Waals surface area contributed by atoms with Gasteiger partial charge in [-0.2, -0.15) is 0 Å². The van der Waals surface area contributed by atoms with E-state index in [9.17, 15) is 4.79 Å². The van der Waals surface area contributed by atoms with Crippen molar-refractivity contribution in [3.63, 3.8) is 0 Å². The first-order valence-corrected chi connectivity index (χ1v) is 7.38. The lowest BCUT2D eigenvalue weighted by molar-refractivity contribution is -0.136. The Bertz CT molecular complexity index is 643. The summed E-state index contributed by atoms with van der Waals surface area (Å²) in [6, 6.07) is 4.07. The molecular weight excluding hydrogens is 266 g/mol. The van der Waals surface area contributed by atoms with Gasteiger partial charge in [-0.3, -0.25) is 9.78 Å². The molecule has 0 radical (unpaired) electrons. The van der Waals surface area contributed by atoms with Crippen LogP contribution < -0.4 is 0 Å². The molecule has 6 heteroatoms. The van der Waals surface area contributed by atoms with E-state index in [1.54, 1.807) is 12.4 Å². The first-order valence-electron chi connectivity index (χ1n) is 7.38. The SMILES string of the molecule is O=C(Cc1cccnc1)N1CC(n2cc(C3CC3)nn2)C1. The highest BCUT2D eigenvalue weighted by Gasteiger charge is 2.34. The first kappa shape index (κ1) is 12.5. The average Bonchev–Trinajstić information content (AvgIpc) is 3.18. The summed E-state index contributed by atoms with van der Waals surface area (Å²) in [5.41, 5.74) is 2.07. The zero-order valence-corrected chi connectivity index (χ0v) is 11.7. The minimum Gasteiger partial charge on any atom is -0.338 e. The predicted octanol–water partition coefficient (Wildman–Crippen LogP) is 1.18. The van der Waals surface area contributed by atoms with E-state index in [-0.39, 0.29) is 11.9 Å². The third-order valence-electron chi connectivity index (χ3n) is 4.19. The van der Waals surface area contributed by atoms with E-state index in [2.05, 4.69) is 15.3 Å². The molecule has 1 saturated carbocycles. The maximum Gasteiger partial charge on any atom is 0.227 e. The molecule has 0 unspecified atom stereocenters. The van der Waals surface area contributed by atoms with Crippen LogP contribution in [-0.4, -0.2) is 43.9 Å². The zero-order valence-electron chi connectivity index (χ0n) is 11.7. The monoisotopic (exact) mass is 283 g/mol. The van der Waals surface area contributed by atoms with Gasteiger partial charge in [0.25, 0.3) is 0 Å². The second-order valence-corrected chi connectivity index (χ2v) is 5.89. The molecule has 2 aromatic rings. The Kier molecular flexibility index (Phi) is 2.94. The number of pyridine rings is 1.